The molecule has 1 aromatic carbocycles. The second-order valence-corrected chi connectivity index (χ2v) is 6.48. The monoisotopic (exact) mass is 276 g/mol. The second kappa shape index (κ2) is 5.35. The average molecular weight is 277 g/mol. The number of benzene rings is 1. The van der Waals surface area contributed by atoms with Crippen molar-refractivity contribution in [2.24, 2.45) is 5.73 Å². The van der Waals surface area contributed by atoms with Crippen molar-refractivity contribution in [3.8, 4) is 0 Å². The maximum Gasteiger partial charge on any atom is 0.243 e. The molecule has 0 spiro atoms. The van der Waals surface area contributed by atoms with Crippen molar-refractivity contribution < 1.29 is 8.42 Å². The molecular formula is C11H17ClN2O2S. The quantitative estimate of drug-likeness (QED) is 0.912. The van der Waals surface area contributed by atoms with Gasteiger partial charge in [0.1, 0.15) is 0 Å². The Morgan fingerprint density at radius 1 is 1.41 bits per heavy atom. The minimum absolute atomic E-state index is 0.1000. The molecule has 4 nitrogen and oxygen atoms in total. The second-order valence-electron chi connectivity index (χ2n) is 4.07. The smallest absolute Gasteiger partial charge is 0.243 e. The predicted octanol–water partition coefficient (Wildman–Crippen LogP) is 1.83. The zero-order chi connectivity index (χ0) is 13.2. The van der Waals surface area contributed by atoms with Gasteiger partial charge in [-0.3, -0.25) is 0 Å². The highest BCUT2D eigenvalue weighted by Crippen LogP contribution is 2.22. The lowest BCUT2D eigenvalue weighted by molar-refractivity contribution is 0.410. The number of rotatable bonds is 4. The van der Waals surface area contributed by atoms with Crippen molar-refractivity contribution in [3.05, 3.63) is 28.8 Å². The van der Waals surface area contributed by atoms with Crippen LogP contribution >= 0.6 is 11.6 Å². The summed E-state index contributed by atoms with van der Waals surface area (Å²) in [4.78, 5) is 0.221. The fourth-order valence-electron chi connectivity index (χ4n) is 1.31. The van der Waals surface area contributed by atoms with Gasteiger partial charge < -0.3 is 5.73 Å². The van der Waals surface area contributed by atoms with E-state index in [1.807, 2.05) is 13.8 Å². The van der Waals surface area contributed by atoms with Gasteiger partial charge in [0, 0.05) is 24.7 Å². The van der Waals surface area contributed by atoms with Gasteiger partial charge in [-0.15, -0.1) is 0 Å². The van der Waals surface area contributed by atoms with Crippen LogP contribution in [0.25, 0.3) is 0 Å². The number of sulfonamides is 1. The van der Waals surface area contributed by atoms with Crippen molar-refractivity contribution in [2.45, 2.75) is 31.3 Å². The minimum atomic E-state index is -3.47. The normalized spacial score (nSPS) is 12.4. The highest BCUT2D eigenvalue weighted by Gasteiger charge is 2.23. The summed E-state index contributed by atoms with van der Waals surface area (Å²) in [6.45, 7) is 3.85. The Hall–Kier alpha value is -0.620. The van der Waals surface area contributed by atoms with Crippen LogP contribution in [0.5, 0.6) is 0 Å². The maximum atomic E-state index is 12.2. The summed E-state index contributed by atoms with van der Waals surface area (Å²) >= 11 is 5.90. The highest BCUT2D eigenvalue weighted by atomic mass is 35.5. The predicted molar refractivity (Wildman–Crippen MR) is 69.4 cm³/mol. The van der Waals surface area contributed by atoms with Gasteiger partial charge in [0.25, 0.3) is 0 Å². The van der Waals surface area contributed by atoms with Gasteiger partial charge in [0.2, 0.25) is 10.0 Å². The summed E-state index contributed by atoms with van der Waals surface area (Å²) in [5.41, 5.74) is 6.14. The van der Waals surface area contributed by atoms with E-state index < -0.39 is 10.0 Å². The van der Waals surface area contributed by atoms with Crippen molar-refractivity contribution in [2.75, 3.05) is 7.05 Å². The molecule has 0 aliphatic rings. The lowest BCUT2D eigenvalue weighted by Crippen LogP contribution is -2.33. The standard InChI is InChI=1S/C11H17ClN2O2S/c1-8(2)14(3)17(15,16)10-4-5-11(12)9(6-10)7-13/h4-6,8H,7,13H2,1-3H3. The van der Waals surface area contributed by atoms with E-state index in [-0.39, 0.29) is 17.5 Å². The average Bonchev–Trinajstić information content (AvgIpc) is 2.28. The summed E-state index contributed by atoms with van der Waals surface area (Å²) in [6.07, 6.45) is 0. The third-order valence-corrected chi connectivity index (χ3v) is 5.04. The third-order valence-electron chi connectivity index (χ3n) is 2.64. The first kappa shape index (κ1) is 14.4. The largest absolute Gasteiger partial charge is 0.326 e. The Morgan fingerprint density at radius 3 is 2.47 bits per heavy atom. The summed E-state index contributed by atoms with van der Waals surface area (Å²) < 4.78 is 25.7. The number of nitrogens with two attached hydrogens (primary N) is 1. The molecule has 0 unspecified atom stereocenters. The van der Waals surface area contributed by atoms with E-state index in [4.69, 9.17) is 17.3 Å². The van der Waals surface area contributed by atoms with Gasteiger partial charge in [-0.1, -0.05) is 11.6 Å². The molecule has 17 heavy (non-hydrogen) atoms. The van der Waals surface area contributed by atoms with Crippen LogP contribution < -0.4 is 5.73 Å². The molecule has 0 radical (unpaired) electrons. The van der Waals surface area contributed by atoms with E-state index >= 15 is 0 Å². The zero-order valence-corrected chi connectivity index (χ0v) is 11.7. The summed E-state index contributed by atoms with van der Waals surface area (Å²) in [5.74, 6) is 0. The topological polar surface area (TPSA) is 63.4 Å². The molecule has 0 amide bonds. The van der Waals surface area contributed by atoms with Gasteiger partial charge >= 0.3 is 0 Å². The van der Waals surface area contributed by atoms with Gasteiger partial charge in [0.15, 0.2) is 0 Å². The van der Waals surface area contributed by atoms with Crippen LogP contribution in [-0.4, -0.2) is 25.8 Å². The van der Waals surface area contributed by atoms with Crippen LogP contribution in [0.3, 0.4) is 0 Å². The van der Waals surface area contributed by atoms with Gasteiger partial charge in [0.05, 0.1) is 4.90 Å². The molecule has 1 rings (SSSR count). The van der Waals surface area contributed by atoms with Crippen molar-refractivity contribution in [1.82, 2.24) is 4.31 Å². The van der Waals surface area contributed by atoms with E-state index in [0.29, 0.717) is 10.6 Å². The number of nitrogens with zero attached hydrogens (tertiary/aromatic N) is 1. The van der Waals surface area contributed by atoms with Crippen LogP contribution in [0.15, 0.2) is 23.1 Å². The fraction of sp³-hybridized carbons (Fsp3) is 0.455. The zero-order valence-electron chi connectivity index (χ0n) is 10.1. The Labute approximate surface area is 107 Å². The summed E-state index contributed by atoms with van der Waals surface area (Å²) in [5, 5.41) is 0.485. The summed E-state index contributed by atoms with van der Waals surface area (Å²) in [6, 6.07) is 4.48. The van der Waals surface area contributed by atoms with Crippen molar-refractivity contribution in [3.63, 3.8) is 0 Å². The molecule has 1 aromatic rings. The Balaban J connectivity index is 3.25. The first-order valence-electron chi connectivity index (χ1n) is 5.27. The van der Waals surface area contributed by atoms with E-state index in [2.05, 4.69) is 0 Å². The van der Waals surface area contributed by atoms with E-state index in [9.17, 15) is 8.42 Å². The number of halogens is 1. The molecule has 6 heteroatoms. The van der Waals surface area contributed by atoms with E-state index in [1.165, 1.54) is 16.4 Å². The molecule has 0 saturated heterocycles. The Bertz CT molecular complexity index is 500. The molecule has 0 heterocycles. The molecule has 2 N–H and O–H groups in total. The van der Waals surface area contributed by atoms with Gasteiger partial charge in [-0.2, -0.15) is 4.31 Å². The molecule has 96 valence electrons. The molecule has 0 aromatic heterocycles. The number of hydrogen-bond donors (Lipinski definition) is 1. The number of hydrogen-bond acceptors (Lipinski definition) is 3. The lowest BCUT2D eigenvalue weighted by Gasteiger charge is -2.21. The SMILES string of the molecule is CC(C)N(C)S(=O)(=O)c1ccc(Cl)c(CN)c1. The Morgan fingerprint density at radius 2 is 2.00 bits per heavy atom. The van der Waals surface area contributed by atoms with Crippen LogP contribution in [0.1, 0.15) is 19.4 Å². The van der Waals surface area contributed by atoms with Crippen molar-refractivity contribution >= 4 is 21.6 Å². The maximum absolute atomic E-state index is 12.2. The van der Waals surface area contributed by atoms with Crippen LogP contribution in [0, 0.1) is 0 Å². The molecule has 0 atom stereocenters. The molecule has 0 saturated carbocycles. The molecule has 0 aliphatic carbocycles. The van der Waals surface area contributed by atoms with E-state index in [1.54, 1.807) is 13.1 Å². The molecule has 0 bridgehead atoms. The fourth-order valence-corrected chi connectivity index (χ4v) is 2.93. The van der Waals surface area contributed by atoms with Gasteiger partial charge in [-0.05, 0) is 37.6 Å². The van der Waals surface area contributed by atoms with Gasteiger partial charge in [-0.25, -0.2) is 8.42 Å². The molecular weight excluding hydrogens is 260 g/mol. The van der Waals surface area contributed by atoms with Crippen LogP contribution in [0.2, 0.25) is 5.02 Å². The van der Waals surface area contributed by atoms with Crippen molar-refractivity contribution in [1.29, 1.82) is 0 Å². The lowest BCUT2D eigenvalue weighted by atomic mass is 10.2. The first-order chi connectivity index (χ1) is 7.80. The minimum Gasteiger partial charge on any atom is -0.326 e. The van der Waals surface area contributed by atoms with E-state index in [0.717, 1.165) is 0 Å². The highest BCUT2D eigenvalue weighted by molar-refractivity contribution is 7.89. The third kappa shape index (κ3) is 2.98. The first-order valence-corrected chi connectivity index (χ1v) is 7.09. The Kier molecular flexibility index (Phi) is 4.55. The molecule has 0 aliphatic heterocycles. The molecule has 0 fully saturated rings. The van der Waals surface area contributed by atoms with Crippen LogP contribution in [0.4, 0.5) is 0 Å². The van der Waals surface area contributed by atoms with Crippen LogP contribution in [-0.2, 0) is 16.6 Å². The summed E-state index contributed by atoms with van der Waals surface area (Å²) in [7, 11) is -1.92.